The van der Waals surface area contributed by atoms with Gasteiger partial charge in [0.25, 0.3) is 15.9 Å². The summed E-state index contributed by atoms with van der Waals surface area (Å²) in [5.41, 5.74) is 6.38. The zero-order valence-corrected chi connectivity index (χ0v) is 20.8. The molecule has 0 saturated heterocycles. The van der Waals surface area contributed by atoms with E-state index < -0.39 is 27.8 Å². The van der Waals surface area contributed by atoms with Crippen molar-refractivity contribution in [3.8, 4) is 0 Å². The lowest BCUT2D eigenvalue weighted by Crippen LogP contribution is -2.33. The largest absolute Gasteiger partial charge is 0.366 e. The van der Waals surface area contributed by atoms with Gasteiger partial charge in [0.2, 0.25) is 5.91 Å². The highest BCUT2D eigenvalue weighted by Gasteiger charge is 2.29. The molecule has 0 aromatic heterocycles. The van der Waals surface area contributed by atoms with Gasteiger partial charge in [0, 0.05) is 17.0 Å². The fourth-order valence-corrected chi connectivity index (χ4v) is 5.01. The van der Waals surface area contributed by atoms with E-state index in [1.807, 2.05) is 6.92 Å². The Morgan fingerprint density at radius 1 is 0.889 bits per heavy atom. The van der Waals surface area contributed by atoms with Crippen molar-refractivity contribution in [1.82, 2.24) is 5.32 Å². The quantitative estimate of drug-likeness (QED) is 0.342. The Bertz CT molecular complexity index is 1330. The van der Waals surface area contributed by atoms with Crippen LogP contribution in [0.4, 0.5) is 5.69 Å². The molecule has 1 unspecified atom stereocenters. The van der Waals surface area contributed by atoms with Crippen LogP contribution in [0.3, 0.4) is 0 Å². The van der Waals surface area contributed by atoms with E-state index in [0.717, 1.165) is 6.42 Å². The number of benzene rings is 3. The van der Waals surface area contributed by atoms with Crippen molar-refractivity contribution in [3.63, 3.8) is 0 Å². The van der Waals surface area contributed by atoms with E-state index in [-0.39, 0.29) is 34.0 Å². The highest BCUT2D eigenvalue weighted by Crippen LogP contribution is 2.34. The van der Waals surface area contributed by atoms with Crippen LogP contribution < -0.4 is 15.8 Å². The van der Waals surface area contributed by atoms with Crippen LogP contribution in [0.1, 0.15) is 58.4 Å². The van der Waals surface area contributed by atoms with E-state index >= 15 is 0 Å². The molecule has 0 radical (unpaired) electrons. The second kappa shape index (κ2) is 12.1. The number of nitrogens with two attached hydrogens (primary N) is 1. The maximum Gasteiger partial charge on any atom is 0.261 e. The molecule has 0 fully saturated rings. The normalized spacial score (nSPS) is 11.9. The van der Waals surface area contributed by atoms with Gasteiger partial charge < -0.3 is 11.1 Å². The summed E-state index contributed by atoms with van der Waals surface area (Å²) >= 11 is 0. The van der Waals surface area contributed by atoms with Crippen molar-refractivity contribution in [2.75, 3.05) is 11.3 Å². The van der Waals surface area contributed by atoms with Gasteiger partial charge in [0.15, 0.2) is 5.78 Å². The molecule has 1 atom stereocenters. The summed E-state index contributed by atoms with van der Waals surface area (Å²) in [4.78, 5) is 38.2. The number of primary amides is 1. The van der Waals surface area contributed by atoms with Gasteiger partial charge in [-0.2, -0.15) is 0 Å². The number of anilines is 1. The van der Waals surface area contributed by atoms with Gasteiger partial charge in [-0.3, -0.25) is 19.1 Å². The minimum Gasteiger partial charge on any atom is -0.366 e. The number of Topliss-reactive ketones (excluding diaryl/α,β-unsaturated/α-hetero) is 1. The number of hydrogen-bond donors (Lipinski definition) is 3. The van der Waals surface area contributed by atoms with E-state index in [4.69, 9.17) is 5.73 Å². The summed E-state index contributed by atoms with van der Waals surface area (Å²) in [5.74, 6) is -2.42. The lowest BCUT2D eigenvalue weighted by molar-refractivity contribution is -0.119. The zero-order chi connectivity index (χ0) is 26.1. The number of amides is 2. The first-order valence-corrected chi connectivity index (χ1v) is 13.1. The first-order chi connectivity index (χ1) is 17.2. The van der Waals surface area contributed by atoms with Gasteiger partial charge in [-0.15, -0.1) is 0 Å². The Kier molecular flexibility index (Phi) is 8.97. The van der Waals surface area contributed by atoms with Crippen molar-refractivity contribution in [1.29, 1.82) is 0 Å². The predicted octanol–water partition coefficient (Wildman–Crippen LogP) is 3.86. The van der Waals surface area contributed by atoms with Crippen LogP contribution in [0.5, 0.6) is 0 Å². The summed E-state index contributed by atoms with van der Waals surface area (Å²) in [6.07, 6.45) is 1.76. The number of carbonyl (C=O) groups is 3. The third-order valence-corrected chi connectivity index (χ3v) is 7.09. The van der Waals surface area contributed by atoms with Crippen molar-refractivity contribution < 1.29 is 22.8 Å². The Morgan fingerprint density at radius 2 is 1.53 bits per heavy atom. The number of ketones is 1. The first kappa shape index (κ1) is 26.6. The van der Waals surface area contributed by atoms with Gasteiger partial charge in [-0.05, 0) is 48.4 Å². The molecular formula is C27H29N3O5S. The molecule has 3 aromatic rings. The molecule has 0 bridgehead atoms. The molecule has 0 aliphatic heterocycles. The van der Waals surface area contributed by atoms with Gasteiger partial charge in [0.05, 0.1) is 17.1 Å². The average Bonchev–Trinajstić information content (AvgIpc) is 2.88. The number of rotatable bonds is 12. The maximum absolute atomic E-state index is 13.4. The third kappa shape index (κ3) is 6.57. The summed E-state index contributed by atoms with van der Waals surface area (Å²) in [6, 6.07) is 20.7. The topological polar surface area (TPSA) is 135 Å². The zero-order valence-electron chi connectivity index (χ0n) is 19.9. The van der Waals surface area contributed by atoms with Crippen LogP contribution in [-0.2, 0) is 14.8 Å². The molecule has 36 heavy (non-hydrogen) atoms. The van der Waals surface area contributed by atoms with E-state index in [9.17, 15) is 22.8 Å². The molecule has 0 spiro atoms. The lowest BCUT2D eigenvalue weighted by atomic mass is 9.85. The molecule has 8 nitrogen and oxygen atoms in total. The summed E-state index contributed by atoms with van der Waals surface area (Å²) in [7, 11) is -4.00. The second-order valence-electron chi connectivity index (χ2n) is 8.26. The van der Waals surface area contributed by atoms with Gasteiger partial charge >= 0.3 is 0 Å². The van der Waals surface area contributed by atoms with Gasteiger partial charge in [-0.1, -0.05) is 62.2 Å². The molecule has 9 heteroatoms. The van der Waals surface area contributed by atoms with Crippen LogP contribution in [0, 0.1) is 0 Å². The van der Waals surface area contributed by atoms with Crippen molar-refractivity contribution in [2.24, 2.45) is 5.73 Å². The minimum atomic E-state index is -4.00. The number of hydrogen-bond acceptors (Lipinski definition) is 5. The van der Waals surface area contributed by atoms with Crippen LogP contribution in [0.2, 0.25) is 0 Å². The number of carbonyl (C=O) groups excluding carboxylic acids is 3. The summed E-state index contributed by atoms with van der Waals surface area (Å²) < 4.78 is 28.6. The molecular weight excluding hydrogens is 478 g/mol. The van der Waals surface area contributed by atoms with Gasteiger partial charge in [-0.25, -0.2) is 8.42 Å². The molecule has 188 valence electrons. The smallest absolute Gasteiger partial charge is 0.261 e. The fourth-order valence-electron chi connectivity index (χ4n) is 3.90. The van der Waals surface area contributed by atoms with Crippen LogP contribution in [0.25, 0.3) is 0 Å². The monoisotopic (exact) mass is 507 g/mol. The molecule has 0 aliphatic rings. The van der Waals surface area contributed by atoms with E-state index in [1.54, 1.807) is 48.5 Å². The summed E-state index contributed by atoms with van der Waals surface area (Å²) in [5, 5.41) is 2.62. The highest BCUT2D eigenvalue weighted by molar-refractivity contribution is 7.92. The molecule has 3 aromatic carbocycles. The van der Waals surface area contributed by atoms with Crippen LogP contribution in [-0.4, -0.2) is 32.6 Å². The Balaban J connectivity index is 1.97. The fraction of sp³-hybridized carbons (Fsp3) is 0.222. The predicted molar refractivity (Wildman–Crippen MR) is 138 cm³/mol. The lowest BCUT2D eigenvalue weighted by Gasteiger charge is -2.23. The molecule has 0 heterocycles. The Morgan fingerprint density at radius 3 is 2.14 bits per heavy atom. The molecule has 4 N–H and O–H groups in total. The number of nitrogens with one attached hydrogen (secondary N) is 2. The molecule has 3 rings (SSSR count). The molecule has 0 saturated carbocycles. The molecule has 0 aliphatic carbocycles. The third-order valence-electron chi connectivity index (χ3n) is 5.71. The molecule has 2 amide bonds. The van der Waals surface area contributed by atoms with Crippen molar-refractivity contribution in [2.45, 2.75) is 37.0 Å². The average molecular weight is 508 g/mol. The Labute approximate surface area is 211 Å². The van der Waals surface area contributed by atoms with E-state index in [1.165, 1.54) is 30.3 Å². The Hall–Kier alpha value is -3.98. The van der Waals surface area contributed by atoms with E-state index in [0.29, 0.717) is 18.4 Å². The van der Waals surface area contributed by atoms with Gasteiger partial charge in [0.1, 0.15) is 0 Å². The number of sulfonamides is 1. The second-order valence-corrected chi connectivity index (χ2v) is 9.94. The first-order valence-electron chi connectivity index (χ1n) is 11.6. The van der Waals surface area contributed by atoms with Crippen LogP contribution >= 0.6 is 0 Å². The maximum atomic E-state index is 13.4. The minimum absolute atomic E-state index is 0.0342. The number of unbranched alkanes of at least 4 members (excludes halogenated alkanes) is 1. The van der Waals surface area contributed by atoms with Crippen molar-refractivity contribution in [3.05, 3.63) is 95.6 Å². The van der Waals surface area contributed by atoms with Crippen LogP contribution in [0.15, 0.2) is 83.8 Å². The van der Waals surface area contributed by atoms with Crippen molar-refractivity contribution >= 4 is 33.3 Å². The summed E-state index contributed by atoms with van der Waals surface area (Å²) in [6.45, 7) is 1.66. The highest BCUT2D eigenvalue weighted by atomic mass is 32.2. The van der Waals surface area contributed by atoms with E-state index in [2.05, 4.69) is 10.0 Å². The standard InChI is InChI=1S/C27H29N3O5S/c1-2-3-15-21(24(31)18-29-27(33)19-11-6-4-7-12-19)25-22(26(28)32)16-10-17-23(25)30-36(34,35)20-13-8-5-9-14-20/h4-14,16-17,21,30H,2-3,15,18H2,1H3,(H2,28,32)(H,29,33). The SMILES string of the molecule is CCCCC(C(=O)CNC(=O)c1ccccc1)c1c(NS(=O)(=O)c2ccccc2)cccc1C(N)=O.